The molecule has 0 aromatic carbocycles. The predicted octanol–water partition coefficient (Wildman–Crippen LogP) is -0.559. The van der Waals surface area contributed by atoms with Crippen LogP contribution in [0.3, 0.4) is 0 Å². The Balaban J connectivity index is 1.88. The molecular weight excluding hydrogens is 224 g/mol. The van der Waals surface area contributed by atoms with E-state index in [9.17, 15) is 9.59 Å². The van der Waals surface area contributed by atoms with Crippen molar-refractivity contribution in [3.63, 3.8) is 0 Å². The first-order valence-corrected chi connectivity index (χ1v) is 6.02. The molecule has 2 rings (SSSR count). The minimum atomic E-state index is -0.899. The van der Waals surface area contributed by atoms with Crippen LogP contribution < -0.4 is 5.32 Å². The quantitative estimate of drug-likeness (QED) is 0.693. The van der Waals surface area contributed by atoms with E-state index < -0.39 is 12.0 Å². The monoisotopic (exact) mass is 242 g/mol. The van der Waals surface area contributed by atoms with Gasteiger partial charge in [-0.05, 0) is 12.8 Å². The fourth-order valence-corrected chi connectivity index (χ4v) is 2.40. The van der Waals surface area contributed by atoms with Crippen molar-refractivity contribution in [2.75, 3.05) is 26.3 Å². The van der Waals surface area contributed by atoms with Gasteiger partial charge in [-0.1, -0.05) is 0 Å². The normalized spacial score (nSPS) is 29.3. The van der Waals surface area contributed by atoms with E-state index >= 15 is 0 Å². The minimum Gasteiger partial charge on any atom is -0.480 e. The summed E-state index contributed by atoms with van der Waals surface area (Å²) >= 11 is 0. The maximum Gasteiger partial charge on any atom is 0.326 e. The number of nitrogens with zero attached hydrogens (tertiary/aromatic N) is 1. The van der Waals surface area contributed by atoms with E-state index in [0.717, 1.165) is 13.0 Å². The average molecular weight is 242 g/mol. The summed E-state index contributed by atoms with van der Waals surface area (Å²) in [5.74, 6) is -0.985. The highest BCUT2D eigenvalue weighted by Crippen LogP contribution is 2.19. The van der Waals surface area contributed by atoms with E-state index in [0.29, 0.717) is 32.6 Å². The summed E-state index contributed by atoms with van der Waals surface area (Å²) in [4.78, 5) is 24.5. The fraction of sp³-hybridized carbons (Fsp3) is 0.818. The van der Waals surface area contributed by atoms with Gasteiger partial charge in [0, 0.05) is 25.6 Å². The SMILES string of the molecule is O=C(O)C1CCCN1C(=O)CC1COCCN1. The molecule has 0 aromatic heterocycles. The van der Waals surface area contributed by atoms with Crippen LogP contribution in [-0.4, -0.2) is 60.3 Å². The number of hydrogen-bond acceptors (Lipinski definition) is 4. The first-order valence-electron chi connectivity index (χ1n) is 6.02. The number of hydrogen-bond donors (Lipinski definition) is 2. The highest BCUT2D eigenvalue weighted by molar-refractivity contribution is 5.84. The van der Waals surface area contributed by atoms with E-state index in [1.165, 1.54) is 4.90 Å². The Morgan fingerprint density at radius 3 is 2.94 bits per heavy atom. The summed E-state index contributed by atoms with van der Waals surface area (Å²) < 4.78 is 5.27. The molecule has 0 bridgehead atoms. The number of nitrogens with one attached hydrogen (secondary N) is 1. The lowest BCUT2D eigenvalue weighted by Crippen LogP contribution is -2.47. The summed E-state index contributed by atoms with van der Waals surface area (Å²) in [5.41, 5.74) is 0. The Morgan fingerprint density at radius 1 is 1.47 bits per heavy atom. The van der Waals surface area contributed by atoms with Crippen LogP contribution >= 0.6 is 0 Å². The van der Waals surface area contributed by atoms with Crippen molar-refractivity contribution in [1.82, 2.24) is 10.2 Å². The van der Waals surface area contributed by atoms with Crippen molar-refractivity contribution in [2.24, 2.45) is 0 Å². The number of aliphatic carboxylic acids is 1. The molecule has 2 atom stereocenters. The van der Waals surface area contributed by atoms with Crippen molar-refractivity contribution >= 4 is 11.9 Å². The third kappa shape index (κ3) is 2.95. The van der Waals surface area contributed by atoms with Crippen molar-refractivity contribution in [3.05, 3.63) is 0 Å². The minimum absolute atomic E-state index is 0.0197. The summed E-state index contributed by atoms with van der Waals surface area (Å²) in [7, 11) is 0. The van der Waals surface area contributed by atoms with Gasteiger partial charge in [0.05, 0.1) is 13.2 Å². The number of morpholine rings is 1. The van der Waals surface area contributed by atoms with Gasteiger partial charge < -0.3 is 20.1 Å². The highest BCUT2D eigenvalue weighted by atomic mass is 16.5. The van der Waals surface area contributed by atoms with Crippen LogP contribution in [-0.2, 0) is 14.3 Å². The lowest BCUT2D eigenvalue weighted by atomic mass is 10.1. The molecule has 2 N–H and O–H groups in total. The lowest BCUT2D eigenvalue weighted by Gasteiger charge is -2.27. The lowest BCUT2D eigenvalue weighted by molar-refractivity contribution is -0.148. The van der Waals surface area contributed by atoms with Crippen molar-refractivity contribution in [1.29, 1.82) is 0 Å². The number of carboxylic acids is 1. The fourth-order valence-electron chi connectivity index (χ4n) is 2.40. The number of amides is 1. The second-order valence-electron chi connectivity index (χ2n) is 4.51. The van der Waals surface area contributed by atoms with Crippen LogP contribution in [0, 0.1) is 0 Å². The summed E-state index contributed by atoms with van der Waals surface area (Å²) in [6, 6.07) is -0.613. The largest absolute Gasteiger partial charge is 0.480 e. The first-order chi connectivity index (χ1) is 8.18. The molecule has 0 radical (unpaired) electrons. The molecule has 2 aliphatic heterocycles. The molecule has 6 heteroatoms. The van der Waals surface area contributed by atoms with Crippen LogP contribution in [0.2, 0.25) is 0 Å². The molecule has 2 fully saturated rings. The van der Waals surface area contributed by atoms with Crippen molar-refractivity contribution < 1.29 is 19.4 Å². The van der Waals surface area contributed by atoms with Gasteiger partial charge in [0.25, 0.3) is 0 Å². The molecule has 96 valence electrons. The maximum atomic E-state index is 12.0. The zero-order valence-corrected chi connectivity index (χ0v) is 9.72. The molecule has 2 unspecified atom stereocenters. The van der Waals surface area contributed by atoms with E-state index in [4.69, 9.17) is 9.84 Å². The zero-order chi connectivity index (χ0) is 12.3. The third-order valence-electron chi connectivity index (χ3n) is 3.28. The van der Waals surface area contributed by atoms with Gasteiger partial charge in [0.15, 0.2) is 0 Å². The predicted molar refractivity (Wildman–Crippen MR) is 59.6 cm³/mol. The van der Waals surface area contributed by atoms with E-state index in [2.05, 4.69) is 5.32 Å². The third-order valence-corrected chi connectivity index (χ3v) is 3.28. The summed E-state index contributed by atoms with van der Waals surface area (Å²) in [6.45, 7) is 2.51. The van der Waals surface area contributed by atoms with E-state index in [1.54, 1.807) is 0 Å². The standard InChI is InChI=1S/C11H18N2O4/c14-10(6-8-7-17-5-3-12-8)13-4-1-2-9(13)11(15)16/h8-9,12H,1-7H2,(H,15,16). The molecular formula is C11H18N2O4. The molecule has 17 heavy (non-hydrogen) atoms. The van der Waals surface area contributed by atoms with Gasteiger partial charge in [-0.3, -0.25) is 4.79 Å². The smallest absolute Gasteiger partial charge is 0.326 e. The molecule has 2 saturated heterocycles. The highest BCUT2D eigenvalue weighted by Gasteiger charge is 2.34. The van der Waals surface area contributed by atoms with Gasteiger partial charge in [0.1, 0.15) is 6.04 Å². The van der Waals surface area contributed by atoms with Crippen molar-refractivity contribution in [3.8, 4) is 0 Å². The molecule has 1 amide bonds. The van der Waals surface area contributed by atoms with Gasteiger partial charge >= 0.3 is 5.97 Å². The van der Waals surface area contributed by atoms with Crippen LogP contribution in [0.4, 0.5) is 0 Å². The topological polar surface area (TPSA) is 78.9 Å². The Morgan fingerprint density at radius 2 is 2.29 bits per heavy atom. The molecule has 0 spiro atoms. The number of rotatable bonds is 3. The van der Waals surface area contributed by atoms with Crippen LogP contribution in [0.1, 0.15) is 19.3 Å². The maximum absolute atomic E-state index is 12.0. The molecule has 2 heterocycles. The zero-order valence-electron chi connectivity index (χ0n) is 9.72. The Kier molecular flexibility index (Phi) is 3.96. The molecule has 0 aliphatic carbocycles. The Bertz CT molecular complexity index is 302. The van der Waals surface area contributed by atoms with Crippen LogP contribution in [0.5, 0.6) is 0 Å². The first kappa shape index (κ1) is 12.3. The molecule has 0 saturated carbocycles. The van der Waals surface area contributed by atoms with Gasteiger partial charge in [0.2, 0.25) is 5.91 Å². The Labute approximate surface area is 99.9 Å². The second kappa shape index (κ2) is 5.46. The van der Waals surface area contributed by atoms with E-state index in [1.807, 2.05) is 0 Å². The van der Waals surface area contributed by atoms with Crippen LogP contribution in [0.15, 0.2) is 0 Å². The number of ether oxygens (including phenoxy) is 1. The average Bonchev–Trinajstić information content (AvgIpc) is 2.79. The van der Waals surface area contributed by atoms with Crippen molar-refractivity contribution in [2.45, 2.75) is 31.3 Å². The second-order valence-corrected chi connectivity index (χ2v) is 4.51. The molecule has 2 aliphatic rings. The number of carboxylic acid groups (broad SMARTS) is 1. The Hall–Kier alpha value is -1.14. The van der Waals surface area contributed by atoms with Gasteiger partial charge in [-0.15, -0.1) is 0 Å². The summed E-state index contributed by atoms with van der Waals surface area (Å²) in [5, 5.41) is 12.2. The molecule has 6 nitrogen and oxygen atoms in total. The summed E-state index contributed by atoms with van der Waals surface area (Å²) in [6.07, 6.45) is 1.66. The van der Waals surface area contributed by atoms with Crippen LogP contribution in [0.25, 0.3) is 0 Å². The van der Waals surface area contributed by atoms with E-state index in [-0.39, 0.29) is 11.9 Å². The molecule has 0 aromatic rings. The number of carbonyl (C=O) groups is 2. The number of likely N-dealkylation sites (tertiary alicyclic amines) is 1. The number of carbonyl (C=O) groups excluding carboxylic acids is 1. The van der Waals surface area contributed by atoms with Gasteiger partial charge in [-0.25, -0.2) is 4.79 Å². The van der Waals surface area contributed by atoms with Gasteiger partial charge in [-0.2, -0.15) is 0 Å².